The van der Waals surface area contributed by atoms with Gasteiger partial charge >= 0.3 is 0 Å². The Hall–Kier alpha value is -3.84. The molecule has 0 aliphatic rings. The van der Waals surface area contributed by atoms with E-state index in [1.807, 2.05) is 0 Å². The number of nitrogens with one attached hydrogen (secondary N) is 3. The van der Waals surface area contributed by atoms with Gasteiger partial charge < -0.3 is 4.74 Å². The minimum atomic E-state index is -0.756. The maximum atomic E-state index is 12.0. The summed E-state index contributed by atoms with van der Waals surface area (Å²) >= 11 is 10.5. The van der Waals surface area contributed by atoms with Crippen molar-refractivity contribution in [2.24, 2.45) is 0 Å². The first-order valence-corrected chi connectivity index (χ1v) is 8.67. The first-order valence-electron chi connectivity index (χ1n) is 7.88. The third-order valence-electron chi connectivity index (χ3n) is 3.37. The average molecular weight is 454 g/mol. The largest absolute Gasteiger partial charge is 0.484 e. The molecule has 0 atom stereocenters. The van der Waals surface area contributed by atoms with Gasteiger partial charge in [-0.2, -0.15) is 0 Å². The van der Waals surface area contributed by atoms with Gasteiger partial charge in [-0.05, 0) is 36.5 Å². The SMILES string of the molecule is O=C(COc1ccc([N+](=O)[O-])cc1)NC(=S)NNC(=O)c1ccc(Cl)c([N+](=O)[O-])c1. The van der Waals surface area contributed by atoms with Crippen molar-refractivity contribution in [1.29, 1.82) is 0 Å². The Kier molecular flexibility index (Phi) is 7.55. The van der Waals surface area contributed by atoms with E-state index in [1.54, 1.807) is 0 Å². The topological polar surface area (TPSA) is 166 Å². The van der Waals surface area contributed by atoms with Crippen molar-refractivity contribution in [3.05, 3.63) is 73.3 Å². The summed E-state index contributed by atoms with van der Waals surface area (Å²) in [6.45, 7) is -0.447. The fourth-order valence-corrected chi connectivity index (χ4v) is 2.34. The second kappa shape index (κ2) is 10.1. The van der Waals surface area contributed by atoms with Gasteiger partial charge in [-0.3, -0.25) is 46.0 Å². The van der Waals surface area contributed by atoms with E-state index < -0.39 is 34.0 Å². The number of nitro benzene ring substituents is 2. The number of carbonyl (C=O) groups excluding carboxylic acids is 2. The number of benzene rings is 2. The molecule has 2 rings (SSSR count). The summed E-state index contributed by atoms with van der Waals surface area (Å²) in [5.41, 5.74) is 3.80. The minimum Gasteiger partial charge on any atom is -0.484 e. The summed E-state index contributed by atoms with van der Waals surface area (Å²) < 4.78 is 5.16. The Morgan fingerprint density at radius 2 is 1.70 bits per heavy atom. The molecule has 0 saturated carbocycles. The van der Waals surface area contributed by atoms with Crippen LogP contribution in [-0.4, -0.2) is 33.4 Å². The van der Waals surface area contributed by atoms with Gasteiger partial charge in [0.05, 0.1) is 9.85 Å². The van der Waals surface area contributed by atoms with E-state index >= 15 is 0 Å². The predicted molar refractivity (Wildman–Crippen MR) is 108 cm³/mol. The first-order chi connectivity index (χ1) is 14.2. The Morgan fingerprint density at radius 1 is 1.03 bits per heavy atom. The zero-order valence-corrected chi connectivity index (χ0v) is 16.4. The van der Waals surface area contributed by atoms with Gasteiger partial charge in [0.2, 0.25) is 0 Å². The Bertz CT molecular complexity index is 1020. The summed E-state index contributed by atoms with van der Waals surface area (Å²) in [5.74, 6) is -1.19. The zero-order valence-electron chi connectivity index (χ0n) is 14.8. The second-order valence-electron chi connectivity index (χ2n) is 5.42. The highest BCUT2D eigenvalue weighted by Crippen LogP contribution is 2.24. The summed E-state index contributed by atoms with van der Waals surface area (Å²) in [7, 11) is 0. The fraction of sp³-hybridized carbons (Fsp3) is 0.0625. The van der Waals surface area contributed by atoms with E-state index in [-0.39, 0.29) is 27.1 Å². The number of amides is 2. The van der Waals surface area contributed by atoms with Crippen LogP contribution < -0.4 is 20.9 Å². The van der Waals surface area contributed by atoms with Gasteiger partial charge in [0, 0.05) is 23.8 Å². The lowest BCUT2D eigenvalue weighted by molar-refractivity contribution is -0.385. The van der Waals surface area contributed by atoms with E-state index in [9.17, 15) is 29.8 Å². The predicted octanol–water partition coefficient (Wildman–Crippen LogP) is 1.87. The number of halogens is 1. The molecule has 0 saturated heterocycles. The van der Waals surface area contributed by atoms with Gasteiger partial charge in [-0.25, -0.2) is 0 Å². The summed E-state index contributed by atoms with van der Waals surface area (Å²) in [6, 6.07) is 8.54. The van der Waals surface area contributed by atoms with Crippen LogP contribution >= 0.6 is 23.8 Å². The molecule has 0 radical (unpaired) electrons. The van der Waals surface area contributed by atoms with Crippen LogP contribution in [0.1, 0.15) is 10.4 Å². The lowest BCUT2D eigenvalue weighted by Crippen LogP contribution is -2.49. The van der Waals surface area contributed by atoms with E-state index in [0.717, 1.165) is 6.07 Å². The van der Waals surface area contributed by atoms with Crippen molar-refractivity contribution in [2.45, 2.75) is 0 Å². The van der Waals surface area contributed by atoms with Crippen molar-refractivity contribution in [3.63, 3.8) is 0 Å². The van der Waals surface area contributed by atoms with E-state index in [0.29, 0.717) is 0 Å². The van der Waals surface area contributed by atoms with Crippen LogP contribution in [0.5, 0.6) is 5.75 Å². The number of non-ortho nitro benzene ring substituents is 1. The van der Waals surface area contributed by atoms with E-state index in [2.05, 4.69) is 16.2 Å². The van der Waals surface area contributed by atoms with Gasteiger partial charge in [0.1, 0.15) is 10.8 Å². The van der Waals surface area contributed by atoms with Crippen LogP contribution in [0.25, 0.3) is 0 Å². The molecule has 156 valence electrons. The fourth-order valence-electron chi connectivity index (χ4n) is 1.99. The molecule has 30 heavy (non-hydrogen) atoms. The molecular formula is C16H12ClN5O7S. The molecule has 0 aliphatic heterocycles. The highest BCUT2D eigenvalue weighted by Gasteiger charge is 2.16. The number of thiocarbonyl (C=S) groups is 1. The number of carbonyl (C=O) groups is 2. The van der Waals surface area contributed by atoms with E-state index in [4.69, 9.17) is 28.6 Å². The quantitative estimate of drug-likeness (QED) is 0.336. The Morgan fingerprint density at radius 3 is 2.30 bits per heavy atom. The molecule has 0 bridgehead atoms. The molecule has 0 unspecified atom stereocenters. The Balaban J connectivity index is 1.80. The molecule has 2 aromatic rings. The minimum absolute atomic E-state index is 0.0609. The number of rotatable bonds is 6. The summed E-state index contributed by atoms with van der Waals surface area (Å²) in [6.07, 6.45) is 0. The third-order valence-corrected chi connectivity index (χ3v) is 3.89. The molecule has 3 N–H and O–H groups in total. The maximum absolute atomic E-state index is 12.0. The van der Waals surface area contributed by atoms with Gasteiger partial charge in [0.15, 0.2) is 11.7 Å². The van der Waals surface area contributed by atoms with Crippen LogP contribution in [0.4, 0.5) is 11.4 Å². The lowest BCUT2D eigenvalue weighted by atomic mass is 10.2. The van der Waals surface area contributed by atoms with Crippen LogP contribution in [0.2, 0.25) is 5.02 Å². The second-order valence-corrected chi connectivity index (χ2v) is 6.23. The van der Waals surface area contributed by atoms with Crippen LogP contribution in [0.3, 0.4) is 0 Å². The number of hydrogen-bond donors (Lipinski definition) is 3. The molecule has 0 fully saturated rings. The number of nitro groups is 2. The van der Waals surface area contributed by atoms with Crippen molar-refractivity contribution < 1.29 is 24.2 Å². The van der Waals surface area contributed by atoms with Crippen molar-refractivity contribution in [1.82, 2.24) is 16.2 Å². The zero-order chi connectivity index (χ0) is 22.3. The van der Waals surface area contributed by atoms with Crippen molar-refractivity contribution >= 4 is 52.1 Å². The smallest absolute Gasteiger partial charge is 0.288 e. The third kappa shape index (κ3) is 6.35. The molecular weight excluding hydrogens is 442 g/mol. The highest BCUT2D eigenvalue weighted by molar-refractivity contribution is 7.80. The van der Waals surface area contributed by atoms with Gasteiger partial charge in [0.25, 0.3) is 23.2 Å². The molecule has 0 heterocycles. The maximum Gasteiger partial charge on any atom is 0.288 e. The summed E-state index contributed by atoms with van der Waals surface area (Å²) in [4.78, 5) is 43.9. The molecule has 12 nitrogen and oxygen atoms in total. The van der Waals surface area contributed by atoms with Crippen molar-refractivity contribution in [2.75, 3.05) is 6.61 Å². The number of hydrazine groups is 1. The molecule has 0 aromatic heterocycles. The normalized spacial score (nSPS) is 9.90. The first kappa shape index (κ1) is 22.4. The number of nitrogens with zero attached hydrogens (tertiary/aromatic N) is 2. The van der Waals surface area contributed by atoms with Gasteiger partial charge in [-0.1, -0.05) is 11.6 Å². The molecule has 2 amide bonds. The van der Waals surface area contributed by atoms with Crippen LogP contribution in [0, 0.1) is 20.2 Å². The van der Waals surface area contributed by atoms with Gasteiger partial charge in [-0.15, -0.1) is 0 Å². The molecule has 2 aromatic carbocycles. The number of ether oxygens (including phenoxy) is 1. The highest BCUT2D eigenvalue weighted by atomic mass is 35.5. The molecule has 0 spiro atoms. The molecule has 0 aliphatic carbocycles. The monoisotopic (exact) mass is 453 g/mol. The standard InChI is InChI=1S/C16H12ClN5O7S/c17-12-6-1-9(7-13(12)22(27)28)15(24)19-20-16(30)18-14(23)8-29-11-4-2-10(3-5-11)21(25)26/h1-7H,8H2,(H,19,24)(H2,18,20,23,30). The average Bonchev–Trinajstić information content (AvgIpc) is 2.70. The summed E-state index contributed by atoms with van der Waals surface area (Å²) in [5, 5.41) is 23.3. The Labute approximate surface area is 178 Å². The van der Waals surface area contributed by atoms with Crippen LogP contribution in [0.15, 0.2) is 42.5 Å². The van der Waals surface area contributed by atoms with E-state index in [1.165, 1.54) is 36.4 Å². The molecule has 14 heteroatoms. The van der Waals surface area contributed by atoms with Crippen molar-refractivity contribution in [3.8, 4) is 5.75 Å². The lowest BCUT2D eigenvalue weighted by Gasteiger charge is -2.11. The number of hydrogen-bond acceptors (Lipinski definition) is 8. The van der Waals surface area contributed by atoms with Crippen LogP contribution in [-0.2, 0) is 4.79 Å².